The van der Waals surface area contributed by atoms with Crippen LogP contribution in [0.1, 0.15) is 32.8 Å². The lowest BCUT2D eigenvalue weighted by atomic mass is 10.1. The van der Waals surface area contributed by atoms with Crippen molar-refractivity contribution in [2.45, 2.75) is 59.8 Å². The van der Waals surface area contributed by atoms with Gasteiger partial charge in [0.15, 0.2) is 0 Å². The van der Waals surface area contributed by atoms with Crippen molar-refractivity contribution < 1.29 is 4.79 Å². The summed E-state index contributed by atoms with van der Waals surface area (Å²) in [5, 5.41) is 10.1. The number of carbonyl (C=O) groups excluding carboxylic acids is 1. The van der Waals surface area contributed by atoms with Crippen molar-refractivity contribution in [3.05, 3.63) is 46.6 Å². The van der Waals surface area contributed by atoms with Crippen LogP contribution in [-0.4, -0.2) is 31.0 Å². The van der Waals surface area contributed by atoms with E-state index in [-0.39, 0.29) is 17.8 Å². The van der Waals surface area contributed by atoms with Crippen LogP contribution in [-0.2, 0) is 19.6 Å². The molecule has 0 aliphatic carbocycles. The fourth-order valence-corrected chi connectivity index (χ4v) is 3.42. The number of fused-ring (bicyclic) bond motifs is 1. The van der Waals surface area contributed by atoms with Gasteiger partial charge >= 0.3 is 11.7 Å². The number of hydrogen-bond acceptors (Lipinski definition) is 3. The molecule has 0 saturated carbocycles. The van der Waals surface area contributed by atoms with Gasteiger partial charge in [-0.3, -0.25) is 13.8 Å². The van der Waals surface area contributed by atoms with Crippen molar-refractivity contribution in [2.75, 3.05) is 5.32 Å². The van der Waals surface area contributed by atoms with Crippen molar-refractivity contribution in [3.63, 3.8) is 0 Å². The Balaban J connectivity index is 1.73. The third-order valence-corrected chi connectivity index (χ3v) is 4.97. The van der Waals surface area contributed by atoms with Gasteiger partial charge in [-0.15, -0.1) is 0 Å². The van der Waals surface area contributed by atoms with Gasteiger partial charge in [0.25, 0.3) is 0 Å². The van der Waals surface area contributed by atoms with Gasteiger partial charge in [-0.25, -0.2) is 9.59 Å². The Kier molecular flexibility index (Phi) is 5.87. The van der Waals surface area contributed by atoms with Crippen molar-refractivity contribution in [2.24, 2.45) is 0 Å². The number of imidazole rings is 1. The molecule has 150 valence electrons. The van der Waals surface area contributed by atoms with Crippen molar-refractivity contribution in [1.82, 2.24) is 24.2 Å². The van der Waals surface area contributed by atoms with E-state index < -0.39 is 0 Å². The van der Waals surface area contributed by atoms with Gasteiger partial charge in [0.05, 0.1) is 11.0 Å². The minimum Gasteiger partial charge on any atom is -0.335 e. The lowest BCUT2D eigenvalue weighted by Crippen LogP contribution is -2.36. The third-order valence-electron chi connectivity index (χ3n) is 4.97. The van der Waals surface area contributed by atoms with Gasteiger partial charge in [0.2, 0.25) is 0 Å². The van der Waals surface area contributed by atoms with E-state index in [9.17, 15) is 9.59 Å². The number of hydrogen-bond donors (Lipinski definition) is 2. The first-order chi connectivity index (χ1) is 13.4. The maximum absolute atomic E-state index is 12.5. The Morgan fingerprint density at radius 3 is 2.46 bits per heavy atom. The van der Waals surface area contributed by atoms with Gasteiger partial charge in [-0.1, -0.05) is 0 Å². The van der Waals surface area contributed by atoms with Gasteiger partial charge < -0.3 is 10.6 Å². The molecule has 0 aliphatic rings. The highest BCUT2D eigenvalue weighted by atomic mass is 16.2. The van der Waals surface area contributed by atoms with Gasteiger partial charge in [0.1, 0.15) is 0 Å². The highest BCUT2D eigenvalue weighted by Gasteiger charge is 2.15. The summed E-state index contributed by atoms with van der Waals surface area (Å²) in [5.74, 6) is 0. The number of nitrogens with zero attached hydrogens (tertiary/aromatic N) is 4. The molecule has 8 nitrogen and oxygen atoms in total. The predicted molar refractivity (Wildman–Crippen MR) is 111 cm³/mol. The molecule has 2 heterocycles. The SMILES string of the molecule is CCn1c(=O)n(CC)c2cc(NC(=O)NC(C)CCn3cccn3)c(C)cc21. The summed E-state index contributed by atoms with van der Waals surface area (Å²) < 4.78 is 5.33. The van der Waals surface area contributed by atoms with Crippen molar-refractivity contribution >= 4 is 22.8 Å². The molecule has 1 aromatic carbocycles. The summed E-state index contributed by atoms with van der Waals surface area (Å²) in [5.41, 5.74) is 3.34. The molecule has 2 N–H and O–H groups in total. The minimum atomic E-state index is -0.254. The highest BCUT2D eigenvalue weighted by molar-refractivity contribution is 5.93. The normalized spacial score (nSPS) is 12.3. The molecule has 8 heteroatoms. The molecular weight excluding hydrogens is 356 g/mol. The van der Waals surface area contributed by atoms with Crippen LogP contribution in [0.15, 0.2) is 35.4 Å². The predicted octanol–water partition coefficient (Wildman–Crippen LogP) is 2.95. The molecule has 1 unspecified atom stereocenters. The van der Waals surface area contributed by atoms with Crippen LogP contribution in [0.4, 0.5) is 10.5 Å². The number of rotatable bonds is 7. The van der Waals surface area contributed by atoms with Crippen LogP contribution in [0.25, 0.3) is 11.0 Å². The maximum Gasteiger partial charge on any atom is 0.329 e. The number of nitrogens with one attached hydrogen (secondary N) is 2. The molecule has 0 fully saturated rings. The summed E-state index contributed by atoms with van der Waals surface area (Å²) in [6.07, 6.45) is 4.42. The molecule has 0 spiro atoms. The second-order valence-electron chi connectivity index (χ2n) is 6.98. The van der Waals surface area contributed by atoms with E-state index in [0.717, 1.165) is 29.6 Å². The van der Waals surface area contributed by atoms with Gasteiger partial charge in [-0.2, -0.15) is 5.10 Å². The lowest BCUT2D eigenvalue weighted by molar-refractivity contribution is 0.248. The molecule has 2 aromatic heterocycles. The maximum atomic E-state index is 12.5. The number of anilines is 1. The molecule has 0 radical (unpaired) electrons. The molecule has 1 atom stereocenters. The molecule has 0 aliphatic heterocycles. The van der Waals surface area contributed by atoms with E-state index in [0.29, 0.717) is 18.8 Å². The number of amides is 2. The number of urea groups is 1. The number of carbonyl (C=O) groups is 1. The standard InChI is InChI=1S/C20H28N6O2/c1-5-25-17-12-14(3)16(13-18(17)26(6-2)20(25)28)23-19(27)22-15(4)8-11-24-10-7-9-21-24/h7,9-10,12-13,15H,5-6,8,11H2,1-4H3,(H2,22,23,27). The second-order valence-corrected chi connectivity index (χ2v) is 6.98. The van der Waals surface area contributed by atoms with Crippen LogP contribution >= 0.6 is 0 Å². The average Bonchev–Trinajstić information content (AvgIpc) is 3.25. The summed E-state index contributed by atoms with van der Waals surface area (Å²) >= 11 is 0. The summed E-state index contributed by atoms with van der Waals surface area (Å²) in [6.45, 7) is 9.75. The molecule has 2 amide bonds. The number of benzene rings is 1. The summed E-state index contributed by atoms with van der Waals surface area (Å²) in [7, 11) is 0. The van der Waals surface area contributed by atoms with E-state index in [1.807, 2.05) is 56.8 Å². The molecule has 3 rings (SSSR count). The topological polar surface area (TPSA) is 85.9 Å². The molecule has 0 bridgehead atoms. The number of aromatic nitrogens is 4. The zero-order valence-corrected chi connectivity index (χ0v) is 16.9. The average molecular weight is 384 g/mol. The minimum absolute atomic E-state index is 0.00299. The van der Waals surface area contributed by atoms with Crippen LogP contribution in [0.2, 0.25) is 0 Å². The first kappa shape index (κ1) is 19.7. The van der Waals surface area contributed by atoms with Crippen LogP contribution in [0.3, 0.4) is 0 Å². The molecule has 3 aromatic rings. The highest BCUT2D eigenvalue weighted by Crippen LogP contribution is 2.23. The molecule has 0 saturated heterocycles. The van der Waals surface area contributed by atoms with Crippen LogP contribution in [0.5, 0.6) is 0 Å². The summed E-state index contributed by atoms with van der Waals surface area (Å²) in [6, 6.07) is 5.48. The monoisotopic (exact) mass is 384 g/mol. The second kappa shape index (κ2) is 8.33. The Labute approximate surface area is 164 Å². The van der Waals surface area contributed by atoms with Gasteiger partial charge in [-0.05, 0) is 57.9 Å². The molecule has 28 heavy (non-hydrogen) atoms. The van der Waals surface area contributed by atoms with Crippen LogP contribution < -0.4 is 16.3 Å². The van der Waals surface area contributed by atoms with Crippen LogP contribution in [0, 0.1) is 6.92 Å². The first-order valence-electron chi connectivity index (χ1n) is 9.73. The van der Waals surface area contributed by atoms with E-state index in [4.69, 9.17) is 0 Å². The Morgan fingerprint density at radius 1 is 1.18 bits per heavy atom. The van der Waals surface area contributed by atoms with Crippen molar-refractivity contribution in [3.8, 4) is 0 Å². The third kappa shape index (κ3) is 3.95. The first-order valence-corrected chi connectivity index (χ1v) is 9.73. The van der Waals surface area contributed by atoms with E-state index >= 15 is 0 Å². The Morgan fingerprint density at radius 2 is 1.86 bits per heavy atom. The quantitative estimate of drug-likeness (QED) is 0.657. The Bertz CT molecular complexity index is 1020. The smallest absolute Gasteiger partial charge is 0.329 e. The number of aryl methyl sites for hydroxylation is 4. The fourth-order valence-electron chi connectivity index (χ4n) is 3.42. The van der Waals surface area contributed by atoms with Gasteiger partial charge in [0, 0.05) is 43.8 Å². The fraction of sp³-hybridized carbons (Fsp3) is 0.450. The Hall–Kier alpha value is -3.03. The zero-order chi connectivity index (χ0) is 20.3. The van der Waals surface area contributed by atoms with E-state index in [1.165, 1.54) is 0 Å². The molecular formula is C20H28N6O2. The largest absolute Gasteiger partial charge is 0.335 e. The van der Waals surface area contributed by atoms with E-state index in [1.54, 1.807) is 15.3 Å². The van der Waals surface area contributed by atoms with E-state index in [2.05, 4.69) is 15.7 Å². The summed E-state index contributed by atoms with van der Waals surface area (Å²) in [4.78, 5) is 25.0. The van der Waals surface area contributed by atoms with Crippen molar-refractivity contribution in [1.29, 1.82) is 0 Å². The zero-order valence-electron chi connectivity index (χ0n) is 16.9. The lowest BCUT2D eigenvalue weighted by Gasteiger charge is -2.16.